The second kappa shape index (κ2) is 9.36. The molecule has 3 aromatic rings. The molecule has 0 atom stereocenters. The number of nitrogens with one attached hydrogen (secondary N) is 1. The molecule has 1 heterocycles. The van der Waals surface area contributed by atoms with Gasteiger partial charge in [0, 0.05) is 5.39 Å². The molecule has 0 fully saturated rings. The summed E-state index contributed by atoms with van der Waals surface area (Å²) < 4.78 is 15.8. The van der Waals surface area contributed by atoms with E-state index >= 15 is 0 Å². The van der Waals surface area contributed by atoms with Gasteiger partial charge in [0.15, 0.2) is 18.1 Å². The monoisotopic (exact) mass is 380 g/mol. The van der Waals surface area contributed by atoms with Gasteiger partial charge < -0.3 is 19.5 Å². The van der Waals surface area contributed by atoms with Crippen molar-refractivity contribution in [2.75, 3.05) is 26.9 Å². The smallest absolute Gasteiger partial charge is 0.357 e. The summed E-state index contributed by atoms with van der Waals surface area (Å²) in [7, 11) is 1.56. The molecule has 0 spiro atoms. The molecule has 0 radical (unpaired) electrons. The van der Waals surface area contributed by atoms with E-state index < -0.39 is 11.9 Å². The number of methoxy groups -OCH3 is 1. The van der Waals surface area contributed by atoms with Gasteiger partial charge in [-0.2, -0.15) is 0 Å². The van der Waals surface area contributed by atoms with E-state index in [0.29, 0.717) is 17.0 Å². The Morgan fingerprint density at radius 2 is 1.71 bits per heavy atom. The quantitative estimate of drug-likeness (QED) is 0.477. The van der Waals surface area contributed by atoms with Crippen molar-refractivity contribution < 1.29 is 23.8 Å². The number of carbonyl (C=O) groups is 2. The number of ether oxygens (including phenoxy) is 3. The van der Waals surface area contributed by atoms with E-state index in [1.165, 1.54) is 0 Å². The molecule has 28 heavy (non-hydrogen) atoms. The lowest BCUT2D eigenvalue weighted by Crippen LogP contribution is -2.32. The maximum atomic E-state index is 12.1. The van der Waals surface area contributed by atoms with Crippen LogP contribution in [0.25, 0.3) is 10.9 Å². The number of nitrogens with zero attached hydrogens (tertiary/aromatic N) is 1. The fraction of sp³-hybridized carbons (Fsp3) is 0.190. The first-order chi connectivity index (χ1) is 13.7. The minimum atomic E-state index is -0.647. The van der Waals surface area contributed by atoms with E-state index in [1.807, 2.05) is 30.3 Å². The first-order valence-electron chi connectivity index (χ1n) is 8.73. The SMILES string of the molecule is COc1ccccc1OCCNC(=O)COC(=O)c1ccc2ccccc2n1. The van der Waals surface area contributed by atoms with E-state index in [9.17, 15) is 9.59 Å². The van der Waals surface area contributed by atoms with Gasteiger partial charge in [0.05, 0.1) is 19.2 Å². The lowest BCUT2D eigenvalue weighted by Gasteiger charge is -2.11. The zero-order valence-electron chi connectivity index (χ0n) is 15.4. The van der Waals surface area contributed by atoms with E-state index in [1.54, 1.807) is 37.4 Å². The van der Waals surface area contributed by atoms with Crippen molar-refractivity contribution >= 4 is 22.8 Å². The van der Waals surface area contributed by atoms with Crippen LogP contribution in [0.3, 0.4) is 0 Å². The van der Waals surface area contributed by atoms with Crippen LogP contribution in [0.4, 0.5) is 0 Å². The van der Waals surface area contributed by atoms with Crippen molar-refractivity contribution in [3.63, 3.8) is 0 Å². The molecule has 7 heteroatoms. The third-order valence-electron chi connectivity index (χ3n) is 3.89. The second-order valence-corrected chi connectivity index (χ2v) is 5.81. The summed E-state index contributed by atoms with van der Waals surface area (Å²) in [6.45, 7) is 0.136. The number of fused-ring (bicyclic) bond motifs is 1. The summed E-state index contributed by atoms with van der Waals surface area (Å²) in [5.41, 5.74) is 0.848. The molecule has 7 nitrogen and oxygen atoms in total. The summed E-state index contributed by atoms with van der Waals surface area (Å²) in [5, 5.41) is 3.55. The number of carbonyl (C=O) groups excluding carboxylic acids is 2. The van der Waals surface area contributed by atoms with E-state index in [2.05, 4.69) is 10.3 Å². The Labute approximate surface area is 162 Å². The van der Waals surface area contributed by atoms with Crippen molar-refractivity contribution in [1.82, 2.24) is 10.3 Å². The Morgan fingerprint density at radius 3 is 2.54 bits per heavy atom. The Bertz CT molecular complexity index is 974. The second-order valence-electron chi connectivity index (χ2n) is 5.81. The predicted octanol–water partition coefficient (Wildman–Crippen LogP) is 2.60. The third kappa shape index (κ3) is 4.97. The molecule has 144 valence electrons. The summed E-state index contributed by atoms with van der Waals surface area (Å²) in [5.74, 6) is 0.141. The Morgan fingerprint density at radius 1 is 0.964 bits per heavy atom. The van der Waals surface area contributed by atoms with Crippen molar-refractivity contribution in [2.45, 2.75) is 0 Å². The van der Waals surface area contributed by atoms with Gasteiger partial charge in [0.1, 0.15) is 12.3 Å². The van der Waals surface area contributed by atoms with Crippen molar-refractivity contribution in [1.29, 1.82) is 0 Å². The maximum absolute atomic E-state index is 12.1. The summed E-state index contributed by atoms with van der Waals surface area (Å²) in [6.07, 6.45) is 0. The molecule has 0 saturated heterocycles. The van der Waals surface area contributed by atoms with Gasteiger partial charge in [0.25, 0.3) is 5.91 Å². The minimum absolute atomic E-state index is 0.158. The van der Waals surface area contributed by atoms with Crippen molar-refractivity contribution in [3.8, 4) is 11.5 Å². The van der Waals surface area contributed by atoms with Crippen LogP contribution in [0.1, 0.15) is 10.5 Å². The number of amides is 1. The molecule has 1 aromatic heterocycles. The number of aromatic nitrogens is 1. The van der Waals surface area contributed by atoms with Gasteiger partial charge in [-0.25, -0.2) is 9.78 Å². The Kier molecular flexibility index (Phi) is 6.41. The van der Waals surface area contributed by atoms with Crippen LogP contribution in [0, 0.1) is 0 Å². The van der Waals surface area contributed by atoms with Gasteiger partial charge in [0.2, 0.25) is 0 Å². The van der Waals surface area contributed by atoms with Crippen molar-refractivity contribution in [2.24, 2.45) is 0 Å². The van der Waals surface area contributed by atoms with Crippen LogP contribution in [-0.4, -0.2) is 43.7 Å². The van der Waals surface area contributed by atoms with Crippen LogP contribution in [0.2, 0.25) is 0 Å². The van der Waals surface area contributed by atoms with Gasteiger partial charge in [-0.15, -0.1) is 0 Å². The lowest BCUT2D eigenvalue weighted by molar-refractivity contribution is -0.124. The molecule has 3 rings (SSSR count). The fourth-order valence-corrected chi connectivity index (χ4v) is 2.53. The predicted molar refractivity (Wildman–Crippen MR) is 104 cm³/mol. The van der Waals surface area contributed by atoms with Crippen LogP contribution >= 0.6 is 0 Å². The molecule has 0 saturated carbocycles. The summed E-state index contributed by atoms with van der Waals surface area (Å²) in [6, 6.07) is 18.0. The number of hydrogen-bond donors (Lipinski definition) is 1. The van der Waals surface area contributed by atoms with Gasteiger partial charge in [-0.1, -0.05) is 36.4 Å². The van der Waals surface area contributed by atoms with Crippen molar-refractivity contribution in [3.05, 3.63) is 66.4 Å². The van der Waals surface area contributed by atoms with E-state index in [-0.39, 0.29) is 25.5 Å². The number of para-hydroxylation sites is 3. The number of pyridine rings is 1. The van der Waals surface area contributed by atoms with Crippen LogP contribution in [-0.2, 0) is 9.53 Å². The zero-order valence-corrected chi connectivity index (χ0v) is 15.4. The first-order valence-corrected chi connectivity index (χ1v) is 8.73. The highest BCUT2D eigenvalue weighted by molar-refractivity contribution is 5.92. The Balaban J connectivity index is 1.41. The molecule has 1 amide bonds. The highest BCUT2D eigenvalue weighted by Gasteiger charge is 2.12. The molecule has 0 aliphatic rings. The third-order valence-corrected chi connectivity index (χ3v) is 3.89. The largest absolute Gasteiger partial charge is 0.493 e. The van der Waals surface area contributed by atoms with Gasteiger partial charge in [-0.05, 0) is 24.3 Å². The normalized spacial score (nSPS) is 10.3. The number of esters is 1. The molecule has 0 bridgehead atoms. The molecule has 0 unspecified atom stereocenters. The van der Waals surface area contributed by atoms with E-state index in [0.717, 1.165) is 5.39 Å². The molecule has 0 aliphatic carbocycles. The fourth-order valence-electron chi connectivity index (χ4n) is 2.53. The van der Waals surface area contributed by atoms with Gasteiger partial charge >= 0.3 is 5.97 Å². The summed E-state index contributed by atoms with van der Waals surface area (Å²) in [4.78, 5) is 28.2. The van der Waals surface area contributed by atoms with Crippen LogP contribution in [0.15, 0.2) is 60.7 Å². The molecule has 1 N–H and O–H groups in total. The lowest BCUT2D eigenvalue weighted by atomic mass is 10.2. The average Bonchev–Trinajstić information content (AvgIpc) is 2.75. The molecule has 0 aliphatic heterocycles. The van der Waals surface area contributed by atoms with Crippen LogP contribution in [0.5, 0.6) is 11.5 Å². The summed E-state index contributed by atoms with van der Waals surface area (Å²) >= 11 is 0. The number of rotatable bonds is 8. The van der Waals surface area contributed by atoms with Crippen LogP contribution < -0.4 is 14.8 Å². The minimum Gasteiger partial charge on any atom is -0.493 e. The molecular weight excluding hydrogens is 360 g/mol. The van der Waals surface area contributed by atoms with Gasteiger partial charge in [-0.3, -0.25) is 4.79 Å². The number of benzene rings is 2. The molecular formula is C21H20N2O5. The topological polar surface area (TPSA) is 86.8 Å². The first kappa shape index (κ1) is 19.2. The maximum Gasteiger partial charge on any atom is 0.357 e. The Hall–Kier alpha value is -3.61. The van der Waals surface area contributed by atoms with E-state index in [4.69, 9.17) is 14.2 Å². The highest BCUT2D eigenvalue weighted by atomic mass is 16.5. The highest BCUT2D eigenvalue weighted by Crippen LogP contribution is 2.25. The number of hydrogen-bond acceptors (Lipinski definition) is 6. The standard InChI is InChI=1S/C21H20N2O5/c1-26-18-8-4-5-9-19(18)27-13-12-22-20(24)14-28-21(25)17-11-10-15-6-2-3-7-16(15)23-17/h2-11H,12-14H2,1H3,(H,22,24). The zero-order chi connectivity index (χ0) is 19.8. The molecule has 2 aromatic carbocycles. The average molecular weight is 380 g/mol.